The van der Waals surface area contributed by atoms with Crippen LogP contribution in [0.25, 0.3) is 50.5 Å². The fourth-order valence-corrected chi connectivity index (χ4v) is 6.69. The standard InChI is InChI=1S/C46H52N3O.Pt/c1-43(2,3)31-25-29(24-30(26-31)37-21-15-16-23-47-37)34-27-32(44(4,5)6)28-38-40(34)48-42(33-18-13-14-22-39(33)50)49(38)41-35(45(7,8)9)19-17-20-36(41)46(10,11)12;/h13-23,25-28,50H,1-12H3;/q-1;. The number of aromatic hydroxyl groups is 1. The fraction of sp³-hybridized carbons (Fsp3) is 0.348. The van der Waals surface area contributed by atoms with Crippen molar-refractivity contribution in [2.75, 3.05) is 0 Å². The summed E-state index contributed by atoms with van der Waals surface area (Å²) in [7, 11) is 0. The quantitative estimate of drug-likeness (QED) is 0.180. The molecule has 0 spiro atoms. The molecular weight excluding hydrogens is 806 g/mol. The van der Waals surface area contributed by atoms with Crippen molar-refractivity contribution >= 4 is 11.0 Å². The maximum absolute atomic E-state index is 11.4. The molecule has 0 saturated heterocycles. The summed E-state index contributed by atoms with van der Waals surface area (Å²) in [5, 5.41) is 11.4. The third kappa shape index (κ3) is 7.49. The maximum atomic E-state index is 11.4. The van der Waals surface area contributed by atoms with E-state index >= 15 is 0 Å². The van der Waals surface area contributed by atoms with Crippen molar-refractivity contribution in [1.29, 1.82) is 0 Å². The number of benzene rings is 4. The van der Waals surface area contributed by atoms with Crippen LogP contribution >= 0.6 is 0 Å². The third-order valence-electron chi connectivity index (χ3n) is 9.61. The third-order valence-corrected chi connectivity index (χ3v) is 9.61. The van der Waals surface area contributed by atoms with Crippen molar-refractivity contribution in [3.05, 3.63) is 119 Å². The Bertz CT molecular complexity index is 2170. The molecule has 0 atom stereocenters. The van der Waals surface area contributed by atoms with Crippen LogP contribution in [0.4, 0.5) is 0 Å². The van der Waals surface area contributed by atoms with Crippen molar-refractivity contribution in [2.24, 2.45) is 0 Å². The number of phenols is 1. The summed E-state index contributed by atoms with van der Waals surface area (Å²) < 4.78 is 2.33. The van der Waals surface area contributed by atoms with E-state index in [0.717, 1.165) is 39.1 Å². The Morgan fingerprint density at radius 3 is 1.71 bits per heavy atom. The Morgan fingerprint density at radius 1 is 0.588 bits per heavy atom. The first-order valence-electron chi connectivity index (χ1n) is 17.7. The maximum Gasteiger partial charge on any atom is 0.148 e. The van der Waals surface area contributed by atoms with Crippen LogP contribution in [-0.2, 0) is 42.7 Å². The van der Waals surface area contributed by atoms with Gasteiger partial charge in [0.05, 0.1) is 22.3 Å². The van der Waals surface area contributed by atoms with Gasteiger partial charge < -0.3 is 5.11 Å². The minimum absolute atomic E-state index is 0. The van der Waals surface area contributed by atoms with Gasteiger partial charge in [0.25, 0.3) is 0 Å². The Balaban J connectivity index is 0.00000504. The topological polar surface area (TPSA) is 50.9 Å². The number of rotatable bonds is 4. The molecule has 0 radical (unpaired) electrons. The second-order valence-corrected chi connectivity index (χ2v) is 17.8. The number of imidazole rings is 1. The minimum Gasteiger partial charge on any atom is -0.507 e. The Hall–Kier alpha value is -4.01. The molecule has 0 fully saturated rings. The van der Waals surface area contributed by atoms with Crippen molar-refractivity contribution < 1.29 is 26.2 Å². The largest absolute Gasteiger partial charge is 0.507 e. The number of aromatic nitrogens is 3. The number of para-hydroxylation sites is 2. The van der Waals surface area contributed by atoms with E-state index in [4.69, 9.17) is 9.97 Å². The number of hydrogen-bond donors (Lipinski definition) is 1. The number of pyridine rings is 1. The van der Waals surface area contributed by atoms with Crippen LogP contribution < -0.4 is 0 Å². The summed E-state index contributed by atoms with van der Waals surface area (Å²) in [4.78, 5) is 10.2. The molecule has 0 amide bonds. The second-order valence-electron chi connectivity index (χ2n) is 17.8. The van der Waals surface area contributed by atoms with Crippen molar-refractivity contribution in [2.45, 2.75) is 105 Å². The summed E-state index contributed by atoms with van der Waals surface area (Å²) in [5.74, 6) is 0.912. The second kappa shape index (κ2) is 13.5. The van der Waals surface area contributed by atoms with Gasteiger partial charge in [-0.1, -0.05) is 143 Å². The number of hydrogen-bond acceptors (Lipinski definition) is 3. The van der Waals surface area contributed by atoms with Gasteiger partial charge in [-0.2, -0.15) is 0 Å². The van der Waals surface area contributed by atoms with Crippen LogP contribution in [0.3, 0.4) is 0 Å². The van der Waals surface area contributed by atoms with Gasteiger partial charge in [0.2, 0.25) is 0 Å². The average molecular weight is 858 g/mol. The van der Waals surface area contributed by atoms with E-state index in [2.05, 4.69) is 136 Å². The molecule has 0 aliphatic rings. The molecule has 5 heteroatoms. The van der Waals surface area contributed by atoms with Gasteiger partial charge >= 0.3 is 0 Å². The van der Waals surface area contributed by atoms with Crippen LogP contribution in [0.1, 0.15) is 105 Å². The zero-order chi connectivity index (χ0) is 36.4. The zero-order valence-electron chi connectivity index (χ0n) is 32.3. The monoisotopic (exact) mass is 857 g/mol. The minimum atomic E-state index is -0.167. The first-order valence-corrected chi connectivity index (χ1v) is 17.7. The molecule has 0 aliphatic carbocycles. The molecular formula is C46H52N3OPt-. The Morgan fingerprint density at radius 2 is 1.16 bits per heavy atom. The number of phenolic OH excluding ortho intramolecular Hbond substituents is 1. The summed E-state index contributed by atoms with van der Waals surface area (Å²) in [6.45, 7) is 27.2. The molecule has 0 saturated carbocycles. The van der Waals surface area contributed by atoms with Crippen LogP contribution in [0, 0.1) is 6.07 Å². The molecule has 0 bridgehead atoms. The van der Waals surface area contributed by atoms with E-state index in [0.29, 0.717) is 11.4 Å². The van der Waals surface area contributed by atoms with Gasteiger partial charge in [-0.25, -0.2) is 4.98 Å². The number of nitrogens with zero attached hydrogens (tertiary/aromatic N) is 3. The molecule has 268 valence electrons. The van der Waals surface area contributed by atoms with Crippen LogP contribution in [0.5, 0.6) is 5.75 Å². The molecule has 4 aromatic carbocycles. The normalized spacial score (nSPS) is 12.6. The molecule has 2 heterocycles. The molecule has 2 aromatic heterocycles. The SMILES string of the molecule is CC(C)(C)c1cc(-c2ccccn2)[c-]c(-c2cc(C(C)(C)C)cc3c2nc(-c2ccccc2O)n3-c2c(C(C)(C)C)cccc2C(C)(C)C)c1.[Pt]. The van der Waals surface area contributed by atoms with Crippen molar-refractivity contribution in [3.63, 3.8) is 0 Å². The first kappa shape index (κ1) is 38.2. The molecule has 4 nitrogen and oxygen atoms in total. The van der Waals surface area contributed by atoms with E-state index in [9.17, 15) is 5.11 Å². The van der Waals surface area contributed by atoms with Gasteiger partial charge in [0.1, 0.15) is 11.6 Å². The van der Waals surface area contributed by atoms with Gasteiger partial charge in [-0.15, -0.1) is 29.3 Å². The smallest absolute Gasteiger partial charge is 0.148 e. The molecule has 6 aromatic rings. The fourth-order valence-electron chi connectivity index (χ4n) is 6.69. The molecule has 0 unspecified atom stereocenters. The van der Waals surface area contributed by atoms with E-state index in [-0.39, 0.29) is 48.5 Å². The van der Waals surface area contributed by atoms with Crippen LogP contribution in [0.2, 0.25) is 0 Å². The zero-order valence-corrected chi connectivity index (χ0v) is 34.5. The molecule has 51 heavy (non-hydrogen) atoms. The Labute approximate surface area is 319 Å². The predicted molar refractivity (Wildman–Crippen MR) is 210 cm³/mol. The first-order chi connectivity index (χ1) is 23.2. The summed E-state index contributed by atoms with van der Waals surface area (Å²) in [6.07, 6.45) is 1.84. The van der Waals surface area contributed by atoms with Gasteiger partial charge in [0.15, 0.2) is 0 Å². The van der Waals surface area contributed by atoms with Crippen LogP contribution in [0.15, 0.2) is 91.1 Å². The summed E-state index contributed by atoms with van der Waals surface area (Å²) in [6, 6.07) is 33.2. The van der Waals surface area contributed by atoms with Gasteiger partial charge in [0, 0.05) is 33.0 Å². The molecule has 6 rings (SSSR count). The van der Waals surface area contributed by atoms with Crippen LogP contribution in [-0.4, -0.2) is 19.6 Å². The summed E-state index contributed by atoms with van der Waals surface area (Å²) >= 11 is 0. The van der Waals surface area contributed by atoms with Crippen molar-refractivity contribution in [1.82, 2.24) is 14.5 Å². The van der Waals surface area contributed by atoms with E-state index in [1.54, 1.807) is 6.07 Å². The summed E-state index contributed by atoms with van der Waals surface area (Å²) in [5.41, 5.74) is 11.8. The van der Waals surface area contributed by atoms with Crippen molar-refractivity contribution in [3.8, 4) is 45.2 Å². The predicted octanol–water partition coefficient (Wildman–Crippen LogP) is 12.1. The molecule has 1 N–H and O–H groups in total. The molecule has 0 aliphatic heterocycles. The van der Waals surface area contributed by atoms with Gasteiger partial charge in [-0.3, -0.25) is 9.55 Å². The van der Waals surface area contributed by atoms with Gasteiger partial charge in [-0.05, 0) is 62.6 Å². The Kier molecular flexibility index (Phi) is 10.1. The van der Waals surface area contributed by atoms with E-state index < -0.39 is 0 Å². The average Bonchev–Trinajstić information content (AvgIpc) is 3.42. The van der Waals surface area contributed by atoms with E-state index in [1.165, 1.54) is 22.3 Å². The van der Waals surface area contributed by atoms with E-state index in [1.807, 2.05) is 42.6 Å². The number of fused-ring (bicyclic) bond motifs is 1.